The molecule has 0 fully saturated rings. The van der Waals surface area contributed by atoms with Crippen LogP contribution in [0.1, 0.15) is 11.1 Å². The van der Waals surface area contributed by atoms with E-state index in [1.807, 2.05) is 36.4 Å². The van der Waals surface area contributed by atoms with Crippen LogP contribution in [0.15, 0.2) is 223 Å². The van der Waals surface area contributed by atoms with Crippen molar-refractivity contribution in [3.63, 3.8) is 0 Å². The second kappa shape index (κ2) is 14.9. The number of fused-ring (bicyclic) bond motifs is 8. The summed E-state index contributed by atoms with van der Waals surface area (Å²) in [6.07, 6.45) is 4.54. The molecule has 304 valence electrons. The lowest BCUT2D eigenvalue weighted by atomic mass is 9.98. The van der Waals surface area contributed by atoms with E-state index in [2.05, 4.69) is 204 Å². The number of benzene rings is 9. The molecule has 0 amide bonds. The first kappa shape index (κ1) is 36.8. The Morgan fingerprint density at radius 1 is 0.369 bits per heavy atom. The van der Waals surface area contributed by atoms with Gasteiger partial charge in [0, 0.05) is 60.7 Å². The van der Waals surface area contributed by atoms with Crippen molar-refractivity contribution in [2.75, 3.05) is 4.90 Å². The summed E-state index contributed by atoms with van der Waals surface area (Å²) in [5, 5.41) is 4.62. The molecule has 5 heteroatoms. The van der Waals surface area contributed by atoms with Crippen LogP contribution in [0.2, 0.25) is 0 Å². The number of furan rings is 1. The van der Waals surface area contributed by atoms with Gasteiger partial charge in [0.15, 0.2) is 5.82 Å². The van der Waals surface area contributed by atoms with Crippen molar-refractivity contribution >= 4 is 73.0 Å². The van der Waals surface area contributed by atoms with Crippen molar-refractivity contribution in [3.05, 3.63) is 230 Å². The molecular weight excluding hydrogens is 793 g/mol. The van der Waals surface area contributed by atoms with Crippen molar-refractivity contribution in [1.29, 1.82) is 0 Å². The summed E-state index contributed by atoms with van der Waals surface area (Å²) in [5.41, 5.74) is 17.5. The van der Waals surface area contributed by atoms with Gasteiger partial charge in [-0.15, -0.1) is 0 Å². The minimum atomic E-state index is 0.686. The monoisotopic (exact) mass is 830 g/mol. The molecule has 0 atom stereocenters. The van der Waals surface area contributed by atoms with Crippen LogP contribution in [0.25, 0.3) is 107 Å². The van der Waals surface area contributed by atoms with Gasteiger partial charge in [-0.2, -0.15) is 0 Å². The Labute approximate surface area is 375 Å². The minimum absolute atomic E-state index is 0.686. The van der Waals surface area contributed by atoms with Gasteiger partial charge in [0.1, 0.15) is 11.2 Å². The van der Waals surface area contributed by atoms with Gasteiger partial charge in [-0.25, -0.2) is 9.97 Å². The predicted molar refractivity (Wildman–Crippen MR) is 269 cm³/mol. The first-order chi connectivity index (χ1) is 32.2. The maximum absolute atomic E-state index is 6.55. The molecule has 3 aromatic heterocycles. The van der Waals surface area contributed by atoms with Crippen molar-refractivity contribution < 1.29 is 4.42 Å². The third-order valence-electron chi connectivity index (χ3n) is 12.7. The largest absolute Gasteiger partial charge is 0.455 e. The number of nitrogens with zero attached hydrogens (tertiary/aromatic N) is 4. The molecule has 1 aliphatic rings. The van der Waals surface area contributed by atoms with E-state index < -0.39 is 0 Å². The molecule has 5 nitrogen and oxygen atoms in total. The molecule has 13 rings (SSSR count). The lowest BCUT2D eigenvalue weighted by molar-refractivity contribution is 0.670. The Kier molecular flexibility index (Phi) is 8.46. The topological polar surface area (TPSA) is 47.1 Å². The number of rotatable bonds is 6. The fourth-order valence-corrected chi connectivity index (χ4v) is 9.70. The summed E-state index contributed by atoms with van der Waals surface area (Å²) in [5.74, 6) is 0.686. The van der Waals surface area contributed by atoms with Gasteiger partial charge >= 0.3 is 0 Å². The van der Waals surface area contributed by atoms with Crippen LogP contribution in [0.3, 0.4) is 0 Å². The van der Waals surface area contributed by atoms with Crippen LogP contribution in [-0.2, 0) is 0 Å². The maximum Gasteiger partial charge on any atom is 0.160 e. The molecule has 12 aromatic rings. The quantitative estimate of drug-likeness (QED) is 0.167. The van der Waals surface area contributed by atoms with Gasteiger partial charge in [-0.05, 0) is 77.9 Å². The Balaban J connectivity index is 1.03. The molecule has 0 saturated carbocycles. The van der Waals surface area contributed by atoms with E-state index in [1.54, 1.807) is 0 Å². The van der Waals surface area contributed by atoms with Crippen molar-refractivity contribution in [2.45, 2.75) is 0 Å². The molecule has 1 aliphatic heterocycles. The molecule has 0 bridgehead atoms. The lowest BCUT2D eigenvalue weighted by Crippen LogP contribution is -2.12. The smallest absolute Gasteiger partial charge is 0.160 e. The average molecular weight is 831 g/mol. The van der Waals surface area contributed by atoms with Crippen LogP contribution in [0, 0.1) is 0 Å². The van der Waals surface area contributed by atoms with Crippen molar-refractivity contribution in [3.8, 4) is 50.7 Å². The zero-order valence-electron chi connectivity index (χ0n) is 35.1. The molecule has 0 N–H and O–H groups in total. The average Bonchev–Trinajstić information content (AvgIpc) is 3.87. The number of hydrogen-bond donors (Lipinski definition) is 0. The summed E-state index contributed by atoms with van der Waals surface area (Å²) in [4.78, 5) is 12.7. The highest BCUT2D eigenvalue weighted by Gasteiger charge is 2.25. The number of hydrogen-bond acceptors (Lipinski definition) is 4. The molecule has 0 unspecified atom stereocenters. The first-order valence-electron chi connectivity index (χ1n) is 22.0. The fourth-order valence-electron chi connectivity index (χ4n) is 9.70. The van der Waals surface area contributed by atoms with E-state index in [-0.39, 0.29) is 0 Å². The predicted octanol–water partition coefficient (Wildman–Crippen LogP) is 16.1. The first-order valence-corrected chi connectivity index (χ1v) is 22.0. The minimum Gasteiger partial charge on any atom is -0.455 e. The number of para-hydroxylation sites is 4. The highest BCUT2D eigenvalue weighted by molar-refractivity contribution is 6.13. The van der Waals surface area contributed by atoms with Gasteiger partial charge in [0.05, 0.1) is 33.8 Å². The van der Waals surface area contributed by atoms with Crippen molar-refractivity contribution in [1.82, 2.24) is 14.5 Å². The summed E-state index contributed by atoms with van der Waals surface area (Å²) < 4.78 is 8.94. The van der Waals surface area contributed by atoms with E-state index >= 15 is 0 Å². The van der Waals surface area contributed by atoms with Crippen LogP contribution in [0.4, 0.5) is 17.1 Å². The second-order valence-corrected chi connectivity index (χ2v) is 16.6. The van der Waals surface area contributed by atoms with Gasteiger partial charge in [-0.3, -0.25) is 0 Å². The third kappa shape index (κ3) is 6.16. The van der Waals surface area contributed by atoms with Gasteiger partial charge < -0.3 is 13.9 Å². The standard InChI is InChI=1S/C60H38N4O/c1-4-16-39(17-5-1)52-38-53(62-60(61-52)40-18-6-2-7-19-40)42-20-14-23-46(35-42)64-54-33-32-41(47-26-15-27-50-49-25-11-13-29-58(49)65-59(47)50)34-43(54)30-31-44-36-57-51(37-56(44)64)48-24-10-12-28-55(48)63(57)45-21-8-3-9-22-45/h1-38H. The molecule has 4 heterocycles. The summed E-state index contributed by atoms with van der Waals surface area (Å²) in [6.45, 7) is 0. The van der Waals surface area contributed by atoms with Crippen LogP contribution in [-0.4, -0.2) is 14.5 Å². The zero-order valence-corrected chi connectivity index (χ0v) is 35.1. The van der Waals surface area contributed by atoms with Crippen LogP contribution < -0.4 is 4.90 Å². The van der Waals surface area contributed by atoms with Gasteiger partial charge in [0.2, 0.25) is 0 Å². The number of anilines is 3. The van der Waals surface area contributed by atoms with E-state index in [4.69, 9.17) is 14.4 Å². The summed E-state index contributed by atoms with van der Waals surface area (Å²) >= 11 is 0. The Bertz CT molecular complexity index is 3770. The highest BCUT2D eigenvalue weighted by Crippen LogP contribution is 2.47. The van der Waals surface area contributed by atoms with Crippen LogP contribution >= 0.6 is 0 Å². The van der Waals surface area contributed by atoms with Crippen molar-refractivity contribution in [2.24, 2.45) is 0 Å². The maximum atomic E-state index is 6.55. The van der Waals surface area contributed by atoms with E-state index in [0.717, 1.165) is 101 Å². The van der Waals surface area contributed by atoms with Crippen LogP contribution in [0.5, 0.6) is 0 Å². The lowest BCUT2D eigenvalue weighted by Gasteiger charge is -2.28. The number of aromatic nitrogens is 3. The zero-order chi connectivity index (χ0) is 42.8. The fraction of sp³-hybridized carbons (Fsp3) is 0. The van der Waals surface area contributed by atoms with Gasteiger partial charge in [-0.1, -0.05) is 164 Å². The third-order valence-corrected chi connectivity index (χ3v) is 12.7. The summed E-state index contributed by atoms with van der Waals surface area (Å²) in [6, 6.07) is 77.1. The Hall–Kier alpha value is -8.80. The molecule has 9 aromatic carbocycles. The SMILES string of the molecule is C1=Cc2cc3c(cc2N(c2cccc(-c4cc(-c5ccccc5)nc(-c5ccccc5)n4)c2)c2ccc(-c4cccc5c4oc4ccccc45)cc21)c1ccccc1n3-c1ccccc1. The van der Waals surface area contributed by atoms with Gasteiger partial charge in [0.25, 0.3) is 0 Å². The molecule has 0 spiro atoms. The van der Waals surface area contributed by atoms with E-state index in [9.17, 15) is 0 Å². The molecule has 0 saturated heterocycles. The molecule has 0 radical (unpaired) electrons. The second-order valence-electron chi connectivity index (χ2n) is 16.6. The highest BCUT2D eigenvalue weighted by atomic mass is 16.3. The molecule has 65 heavy (non-hydrogen) atoms. The molecule has 0 aliphatic carbocycles. The Morgan fingerprint density at radius 2 is 1.00 bits per heavy atom. The normalized spacial score (nSPS) is 12.2. The van der Waals surface area contributed by atoms with E-state index in [0.29, 0.717) is 5.82 Å². The Morgan fingerprint density at radius 3 is 1.82 bits per heavy atom. The summed E-state index contributed by atoms with van der Waals surface area (Å²) in [7, 11) is 0. The molecular formula is C60H38N4O. The van der Waals surface area contributed by atoms with E-state index in [1.165, 1.54) is 16.3 Å².